The fraction of sp³-hybridized carbons (Fsp3) is 0.231. The highest BCUT2D eigenvalue weighted by Crippen LogP contribution is 2.37. The van der Waals surface area contributed by atoms with Crippen LogP contribution in [0.4, 0.5) is 5.69 Å². The molecule has 0 spiro atoms. The van der Waals surface area contributed by atoms with Crippen LogP contribution in [0.25, 0.3) is 6.08 Å². The molecule has 3 aromatic carbocycles. The predicted molar refractivity (Wildman–Crippen MR) is 124 cm³/mol. The van der Waals surface area contributed by atoms with Crippen LogP contribution < -0.4 is 9.47 Å². The van der Waals surface area contributed by atoms with E-state index in [1.54, 1.807) is 12.1 Å². The van der Waals surface area contributed by atoms with Crippen molar-refractivity contribution in [1.82, 2.24) is 4.90 Å². The van der Waals surface area contributed by atoms with Crippen LogP contribution in [0.2, 0.25) is 0 Å². The van der Waals surface area contributed by atoms with Crippen LogP contribution in [-0.2, 0) is 13.2 Å². The van der Waals surface area contributed by atoms with Crippen molar-refractivity contribution >= 4 is 11.8 Å². The highest BCUT2D eigenvalue weighted by Gasteiger charge is 2.20. The van der Waals surface area contributed by atoms with Gasteiger partial charge in [0.2, 0.25) is 0 Å². The van der Waals surface area contributed by atoms with Gasteiger partial charge in [0.1, 0.15) is 13.2 Å². The highest BCUT2D eigenvalue weighted by molar-refractivity contribution is 5.66. The van der Waals surface area contributed by atoms with Crippen LogP contribution in [0.15, 0.2) is 79.0 Å². The van der Waals surface area contributed by atoms with Gasteiger partial charge in [0.25, 0.3) is 5.69 Å². The van der Waals surface area contributed by atoms with Gasteiger partial charge in [-0.1, -0.05) is 60.7 Å². The second-order valence-corrected chi connectivity index (χ2v) is 7.72. The predicted octanol–water partition coefficient (Wildman–Crippen LogP) is 5.82. The lowest BCUT2D eigenvalue weighted by Gasteiger charge is -2.15. The quantitative estimate of drug-likeness (QED) is 0.316. The van der Waals surface area contributed by atoms with E-state index < -0.39 is 0 Å². The zero-order valence-electron chi connectivity index (χ0n) is 17.9. The Balaban J connectivity index is 1.63. The molecule has 4 rings (SSSR count). The van der Waals surface area contributed by atoms with Crippen LogP contribution in [0.1, 0.15) is 29.5 Å². The smallest absolute Gasteiger partial charge is 0.280 e. The summed E-state index contributed by atoms with van der Waals surface area (Å²) in [5.74, 6) is 0.839. The van der Waals surface area contributed by atoms with E-state index in [4.69, 9.17) is 9.47 Å². The molecule has 1 aliphatic rings. The summed E-state index contributed by atoms with van der Waals surface area (Å²) in [6.07, 6.45) is 6.01. The van der Waals surface area contributed by atoms with Gasteiger partial charge in [0.05, 0.1) is 16.6 Å². The SMILES string of the molecule is O=[N+]([O-])c1cc(OCc2ccccc2)c(OCc2ccccc2)cc1/C=C/N1CCCC1. The first-order chi connectivity index (χ1) is 15.7. The fourth-order valence-corrected chi connectivity index (χ4v) is 3.63. The molecular formula is C26H26N2O4. The summed E-state index contributed by atoms with van der Waals surface area (Å²) < 4.78 is 12.0. The summed E-state index contributed by atoms with van der Waals surface area (Å²) in [4.78, 5) is 13.6. The van der Waals surface area contributed by atoms with Crippen molar-refractivity contribution in [1.29, 1.82) is 0 Å². The van der Waals surface area contributed by atoms with Gasteiger partial charge in [0, 0.05) is 13.1 Å². The van der Waals surface area contributed by atoms with Gasteiger partial charge in [-0.05, 0) is 42.3 Å². The lowest BCUT2D eigenvalue weighted by atomic mass is 10.1. The molecule has 1 aliphatic heterocycles. The molecule has 1 saturated heterocycles. The van der Waals surface area contributed by atoms with Crippen LogP contribution in [0, 0.1) is 10.1 Å². The van der Waals surface area contributed by atoms with E-state index in [0.717, 1.165) is 37.1 Å². The van der Waals surface area contributed by atoms with Crippen molar-refractivity contribution in [2.45, 2.75) is 26.1 Å². The Hall–Kier alpha value is -3.80. The van der Waals surface area contributed by atoms with Gasteiger partial charge in [-0.25, -0.2) is 0 Å². The molecular weight excluding hydrogens is 404 g/mol. The first kappa shape index (κ1) is 21.4. The Bertz CT molecular complexity index is 1060. The molecule has 164 valence electrons. The number of ether oxygens (including phenoxy) is 2. The number of hydrogen-bond acceptors (Lipinski definition) is 5. The zero-order valence-corrected chi connectivity index (χ0v) is 17.9. The number of nitro benzene ring substituents is 1. The summed E-state index contributed by atoms with van der Waals surface area (Å²) >= 11 is 0. The molecule has 0 N–H and O–H groups in total. The average molecular weight is 431 g/mol. The largest absolute Gasteiger partial charge is 0.485 e. The van der Waals surface area contributed by atoms with Crippen LogP contribution in [-0.4, -0.2) is 22.9 Å². The van der Waals surface area contributed by atoms with Crippen LogP contribution in [0.5, 0.6) is 11.5 Å². The van der Waals surface area contributed by atoms with Crippen LogP contribution >= 0.6 is 0 Å². The van der Waals surface area contributed by atoms with Crippen molar-refractivity contribution in [3.8, 4) is 11.5 Å². The number of nitro groups is 1. The first-order valence-corrected chi connectivity index (χ1v) is 10.8. The Morgan fingerprint density at radius 3 is 1.91 bits per heavy atom. The minimum atomic E-state index is -0.375. The van der Waals surface area contributed by atoms with E-state index in [0.29, 0.717) is 30.3 Å². The van der Waals surface area contributed by atoms with Gasteiger partial charge in [-0.3, -0.25) is 10.1 Å². The maximum absolute atomic E-state index is 11.8. The summed E-state index contributed by atoms with van der Waals surface area (Å²) in [6.45, 7) is 2.58. The molecule has 0 saturated carbocycles. The average Bonchev–Trinajstić information content (AvgIpc) is 3.35. The van der Waals surface area contributed by atoms with Gasteiger partial charge in [-0.2, -0.15) is 0 Å². The topological polar surface area (TPSA) is 64.8 Å². The summed E-state index contributed by atoms with van der Waals surface area (Å²) in [7, 11) is 0. The third-order valence-electron chi connectivity index (χ3n) is 5.37. The van der Waals surface area contributed by atoms with Crippen molar-refractivity contribution in [3.63, 3.8) is 0 Å². The lowest BCUT2D eigenvalue weighted by molar-refractivity contribution is -0.385. The van der Waals surface area contributed by atoms with Crippen LogP contribution in [0.3, 0.4) is 0 Å². The normalized spacial score (nSPS) is 13.4. The number of hydrogen-bond donors (Lipinski definition) is 0. The maximum atomic E-state index is 11.8. The monoisotopic (exact) mass is 430 g/mol. The number of nitrogens with zero attached hydrogens (tertiary/aromatic N) is 2. The first-order valence-electron chi connectivity index (χ1n) is 10.8. The molecule has 6 heteroatoms. The molecule has 0 atom stereocenters. The lowest BCUT2D eigenvalue weighted by Crippen LogP contribution is -2.10. The number of likely N-dealkylation sites (tertiary alicyclic amines) is 1. The summed E-state index contributed by atoms with van der Waals surface area (Å²) in [6, 6.07) is 22.7. The molecule has 1 fully saturated rings. The Morgan fingerprint density at radius 1 is 0.844 bits per heavy atom. The van der Waals surface area contributed by atoms with E-state index in [-0.39, 0.29) is 10.6 Å². The summed E-state index contributed by atoms with van der Waals surface area (Å²) in [5, 5.41) is 11.8. The Morgan fingerprint density at radius 2 is 1.38 bits per heavy atom. The van der Waals surface area contributed by atoms with Crippen molar-refractivity contribution in [2.75, 3.05) is 13.1 Å². The molecule has 6 nitrogen and oxygen atoms in total. The Labute approximate surface area is 187 Å². The number of rotatable bonds is 9. The van der Waals surface area contributed by atoms with Gasteiger partial charge in [-0.15, -0.1) is 0 Å². The van der Waals surface area contributed by atoms with Crippen molar-refractivity contribution < 1.29 is 14.4 Å². The molecule has 0 amide bonds. The molecule has 0 radical (unpaired) electrons. The second kappa shape index (κ2) is 10.5. The minimum absolute atomic E-state index is 0.00410. The third-order valence-corrected chi connectivity index (χ3v) is 5.37. The number of benzene rings is 3. The zero-order chi connectivity index (χ0) is 22.2. The highest BCUT2D eigenvalue weighted by atomic mass is 16.6. The molecule has 0 aliphatic carbocycles. The van der Waals surface area contributed by atoms with E-state index in [9.17, 15) is 10.1 Å². The molecule has 0 unspecified atom stereocenters. The van der Waals surface area contributed by atoms with E-state index in [1.807, 2.05) is 66.9 Å². The van der Waals surface area contributed by atoms with Gasteiger partial charge >= 0.3 is 0 Å². The van der Waals surface area contributed by atoms with E-state index in [2.05, 4.69) is 4.90 Å². The standard InChI is InChI=1S/C26H26N2O4/c29-28(30)24-18-26(32-20-22-11-5-2-6-12-22)25(31-19-21-9-3-1-4-10-21)17-23(24)13-16-27-14-7-8-15-27/h1-6,9-13,16-18H,7-8,14-15,19-20H2/b16-13+. The molecule has 1 heterocycles. The molecule has 32 heavy (non-hydrogen) atoms. The van der Waals surface area contributed by atoms with E-state index >= 15 is 0 Å². The van der Waals surface area contributed by atoms with Gasteiger partial charge in [0.15, 0.2) is 11.5 Å². The Kier molecular flexibility index (Phi) is 7.02. The minimum Gasteiger partial charge on any atom is -0.485 e. The molecule has 3 aromatic rings. The fourth-order valence-electron chi connectivity index (χ4n) is 3.63. The second-order valence-electron chi connectivity index (χ2n) is 7.72. The molecule has 0 bridgehead atoms. The molecule has 0 aromatic heterocycles. The maximum Gasteiger partial charge on any atom is 0.280 e. The van der Waals surface area contributed by atoms with Crippen molar-refractivity contribution in [3.05, 3.63) is 106 Å². The van der Waals surface area contributed by atoms with Gasteiger partial charge < -0.3 is 14.4 Å². The summed E-state index contributed by atoms with van der Waals surface area (Å²) in [5.41, 5.74) is 2.48. The third kappa shape index (κ3) is 5.66. The van der Waals surface area contributed by atoms with E-state index in [1.165, 1.54) is 6.07 Å². The van der Waals surface area contributed by atoms with Crippen molar-refractivity contribution in [2.24, 2.45) is 0 Å².